The van der Waals surface area contributed by atoms with Crippen LogP contribution in [0.4, 0.5) is 4.39 Å². The van der Waals surface area contributed by atoms with Crippen molar-refractivity contribution in [2.75, 3.05) is 6.61 Å². The molecule has 0 atom stereocenters. The van der Waals surface area contributed by atoms with Crippen LogP contribution in [0.1, 0.15) is 22.8 Å². The molecule has 2 heterocycles. The summed E-state index contributed by atoms with van der Waals surface area (Å²) in [5, 5.41) is 0.624. The van der Waals surface area contributed by atoms with Gasteiger partial charge in [-0.25, -0.2) is 14.2 Å². The standard InChI is InChI=1S/C18H14BrFN2O3/c1-2-25-18(24)15-8-12-7-13(19)9-21-16(12)22(17(15)23)10-11-3-5-14(20)6-4-11/h3-9H,2,10H2,1H3. The van der Waals surface area contributed by atoms with E-state index >= 15 is 0 Å². The molecule has 3 rings (SSSR count). The van der Waals surface area contributed by atoms with Crippen molar-refractivity contribution in [2.24, 2.45) is 0 Å². The molecule has 0 aliphatic carbocycles. The SMILES string of the molecule is CCOC(=O)c1cc2cc(Br)cnc2n(Cc2ccc(F)cc2)c1=O. The highest BCUT2D eigenvalue weighted by molar-refractivity contribution is 9.10. The Morgan fingerprint density at radius 2 is 2.00 bits per heavy atom. The highest BCUT2D eigenvalue weighted by Gasteiger charge is 2.17. The third-order valence-electron chi connectivity index (χ3n) is 3.64. The van der Waals surface area contributed by atoms with Crippen LogP contribution in [0.5, 0.6) is 0 Å². The molecule has 0 saturated carbocycles. The van der Waals surface area contributed by atoms with E-state index in [0.29, 0.717) is 11.0 Å². The Bertz CT molecular complexity index is 1000. The van der Waals surface area contributed by atoms with Crippen molar-refractivity contribution in [3.63, 3.8) is 0 Å². The number of pyridine rings is 2. The summed E-state index contributed by atoms with van der Waals surface area (Å²) in [7, 11) is 0. The van der Waals surface area contributed by atoms with Crippen LogP contribution >= 0.6 is 15.9 Å². The number of hydrogen-bond acceptors (Lipinski definition) is 4. The molecule has 0 saturated heterocycles. The first-order valence-electron chi connectivity index (χ1n) is 7.60. The van der Waals surface area contributed by atoms with Crippen LogP contribution in [-0.4, -0.2) is 22.1 Å². The van der Waals surface area contributed by atoms with E-state index in [1.165, 1.54) is 22.8 Å². The molecule has 128 valence electrons. The lowest BCUT2D eigenvalue weighted by atomic mass is 10.1. The number of aromatic nitrogens is 2. The minimum absolute atomic E-state index is 0.0589. The summed E-state index contributed by atoms with van der Waals surface area (Å²) in [5.74, 6) is -1.04. The summed E-state index contributed by atoms with van der Waals surface area (Å²) in [6, 6.07) is 9.07. The zero-order valence-corrected chi connectivity index (χ0v) is 14.9. The largest absolute Gasteiger partial charge is 0.462 e. The molecule has 0 fully saturated rings. The Kier molecular flexibility index (Phi) is 4.94. The molecule has 0 aliphatic rings. The van der Waals surface area contributed by atoms with Crippen LogP contribution < -0.4 is 5.56 Å². The fourth-order valence-corrected chi connectivity index (χ4v) is 2.86. The van der Waals surface area contributed by atoms with Gasteiger partial charge in [0, 0.05) is 16.1 Å². The number of rotatable bonds is 4. The van der Waals surface area contributed by atoms with E-state index in [0.717, 1.165) is 10.0 Å². The number of nitrogens with zero attached hydrogens (tertiary/aromatic N) is 2. The van der Waals surface area contributed by atoms with E-state index in [-0.39, 0.29) is 24.5 Å². The van der Waals surface area contributed by atoms with Crippen LogP contribution in [0.15, 0.2) is 51.9 Å². The molecule has 0 radical (unpaired) electrons. The second kappa shape index (κ2) is 7.14. The monoisotopic (exact) mass is 404 g/mol. The molecule has 7 heteroatoms. The highest BCUT2D eigenvalue weighted by atomic mass is 79.9. The van der Waals surface area contributed by atoms with E-state index in [4.69, 9.17) is 4.74 Å². The molecular weight excluding hydrogens is 391 g/mol. The lowest BCUT2D eigenvalue weighted by Crippen LogP contribution is -2.28. The molecule has 0 N–H and O–H groups in total. The predicted octanol–water partition coefficient (Wildman–Crippen LogP) is 3.52. The van der Waals surface area contributed by atoms with Crippen molar-refractivity contribution < 1.29 is 13.9 Å². The maximum atomic E-state index is 13.1. The number of fused-ring (bicyclic) bond motifs is 1. The maximum Gasteiger partial charge on any atom is 0.343 e. The van der Waals surface area contributed by atoms with Crippen LogP contribution in [0, 0.1) is 5.82 Å². The molecule has 5 nitrogen and oxygen atoms in total. The average molecular weight is 405 g/mol. The normalized spacial score (nSPS) is 10.8. The highest BCUT2D eigenvalue weighted by Crippen LogP contribution is 2.18. The molecule has 2 aromatic heterocycles. The van der Waals surface area contributed by atoms with E-state index in [2.05, 4.69) is 20.9 Å². The molecule has 0 spiro atoms. The van der Waals surface area contributed by atoms with Gasteiger partial charge in [0.1, 0.15) is 17.0 Å². The van der Waals surface area contributed by atoms with Crippen molar-refractivity contribution >= 4 is 32.9 Å². The van der Waals surface area contributed by atoms with Crippen LogP contribution in [0.2, 0.25) is 0 Å². The van der Waals surface area contributed by atoms with Gasteiger partial charge in [-0.1, -0.05) is 12.1 Å². The first-order chi connectivity index (χ1) is 12.0. The summed E-state index contributed by atoms with van der Waals surface area (Å²) in [6.45, 7) is 2.01. The van der Waals surface area contributed by atoms with Crippen LogP contribution in [-0.2, 0) is 11.3 Å². The Morgan fingerprint density at radius 3 is 2.68 bits per heavy atom. The molecule has 0 bridgehead atoms. The number of esters is 1. The van der Waals surface area contributed by atoms with E-state index in [1.807, 2.05) is 0 Å². The van der Waals surface area contributed by atoms with Crippen molar-refractivity contribution in [2.45, 2.75) is 13.5 Å². The number of carbonyl (C=O) groups excluding carboxylic acids is 1. The topological polar surface area (TPSA) is 61.2 Å². The van der Waals surface area contributed by atoms with Gasteiger partial charge in [-0.3, -0.25) is 9.36 Å². The van der Waals surface area contributed by atoms with Crippen LogP contribution in [0.25, 0.3) is 11.0 Å². The molecule has 0 amide bonds. The quantitative estimate of drug-likeness (QED) is 0.624. The van der Waals surface area contributed by atoms with E-state index in [1.54, 1.807) is 31.3 Å². The van der Waals surface area contributed by atoms with Crippen molar-refractivity contribution in [1.29, 1.82) is 0 Å². The summed E-state index contributed by atoms with van der Waals surface area (Å²) >= 11 is 3.33. The first-order valence-corrected chi connectivity index (χ1v) is 8.39. The Hall–Kier alpha value is -2.54. The third kappa shape index (κ3) is 3.61. The van der Waals surface area contributed by atoms with Crippen molar-refractivity contribution in [1.82, 2.24) is 9.55 Å². The predicted molar refractivity (Wildman–Crippen MR) is 95.2 cm³/mol. The molecule has 3 aromatic rings. The van der Waals surface area contributed by atoms with E-state index in [9.17, 15) is 14.0 Å². The average Bonchev–Trinajstić information content (AvgIpc) is 2.59. The Morgan fingerprint density at radius 1 is 1.28 bits per heavy atom. The first kappa shape index (κ1) is 17.3. The van der Waals surface area contributed by atoms with Gasteiger partial charge >= 0.3 is 5.97 Å². The Labute approximate surface area is 151 Å². The summed E-state index contributed by atoms with van der Waals surface area (Å²) < 4.78 is 20.2. The molecular formula is C18H14BrFN2O3. The van der Waals surface area contributed by atoms with Crippen molar-refractivity contribution in [3.05, 3.63) is 74.4 Å². The lowest BCUT2D eigenvalue weighted by Gasteiger charge is -2.12. The van der Waals surface area contributed by atoms with Gasteiger partial charge in [0.05, 0.1) is 13.2 Å². The fourth-order valence-electron chi connectivity index (χ4n) is 2.51. The minimum atomic E-state index is -0.678. The van der Waals surface area contributed by atoms with Gasteiger partial charge in [0.15, 0.2) is 0 Å². The Balaban J connectivity index is 2.20. The number of ether oxygens (including phenoxy) is 1. The smallest absolute Gasteiger partial charge is 0.343 e. The second-order valence-electron chi connectivity index (χ2n) is 5.36. The summed E-state index contributed by atoms with van der Waals surface area (Å²) in [5.41, 5.74) is 0.600. The number of halogens is 2. The maximum absolute atomic E-state index is 13.1. The molecule has 0 unspecified atom stereocenters. The zero-order valence-electron chi connectivity index (χ0n) is 13.3. The second-order valence-corrected chi connectivity index (χ2v) is 6.28. The van der Waals surface area contributed by atoms with Crippen LogP contribution in [0.3, 0.4) is 0 Å². The van der Waals surface area contributed by atoms with Crippen molar-refractivity contribution in [3.8, 4) is 0 Å². The lowest BCUT2D eigenvalue weighted by molar-refractivity contribution is 0.0524. The van der Waals surface area contributed by atoms with Gasteiger partial charge in [-0.2, -0.15) is 0 Å². The molecule has 0 aliphatic heterocycles. The van der Waals surface area contributed by atoms with Gasteiger partial charge < -0.3 is 4.74 Å². The minimum Gasteiger partial charge on any atom is -0.462 e. The molecule has 1 aromatic carbocycles. The number of carbonyl (C=O) groups is 1. The van der Waals surface area contributed by atoms with Gasteiger partial charge in [0.2, 0.25) is 0 Å². The number of hydrogen-bond donors (Lipinski definition) is 0. The summed E-state index contributed by atoms with van der Waals surface area (Å²) in [4.78, 5) is 29.2. The molecule has 25 heavy (non-hydrogen) atoms. The fraction of sp³-hybridized carbons (Fsp3) is 0.167. The van der Waals surface area contributed by atoms with Gasteiger partial charge in [-0.05, 0) is 52.7 Å². The summed E-state index contributed by atoms with van der Waals surface area (Å²) in [6.07, 6.45) is 1.58. The zero-order chi connectivity index (χ0) is 18.0. The van der Waals surface area contributed by atoms with Gasteiger partial charge in [-0.15, -0.1) is 0 Å². The number of benzene rings is 1. The third-order valence-corrected chi connectivity index (χ3v) is 4.08. The van der Waals surface area contributed by atoms with E-state index < -0.39 is 11.5 Å². The van der Waals surface area contributed by atoms with Gasteiger partial charge in [0.25, 0.3) is 5.56 Å².